The van der Waals surface area contributed by atoms with Crippen LogP contribution in [0, 0.1) is 5.92 Å². The summed E-state index contributed by atoms with van der Waals surface area (Å²) >= 11 is 0. The van der Waals surface area contributed by atoms with Crippen molar-refractivity contribution in [2.24, 2.45) is 5.92 Å². The summed E-state index contributed by atoms with van der Waals surface area (Å²) in [7, 11) is 0. The molecule has 2 heterocycles. The molecular weight excluding hydrogens is 314 g/mol. The van der Waals surface area contributed by atoms with Crippen molar-refractivity contribution in [2.45, 2.75) is 52.0 Å². The minimum absolute atomic E-state index is 0.0261. The van der Waals surface area contributed by atoms with Crippen LogP contribution in [0.2, 0.25) is 0 Å². The summed E-state index contributed by atoms with van der Waals surface area (Å²) in [6, 6.07) is 8.55. The number of carbonyl (C=O) groups is 2. The van der Waals surface area contributed by atoms with Crippen molar-refractivity contribution in [1.82, 2.24) is 5.32 Å². The van der Waals surface area contributed by atoms with Gasteiger partial charge in [-0.25, -0.2) is 0 Å². The summed E-state index contributed by atoms with van der Waals surface area (Å²) in [6.07, 6.45) is 3.82. The number of hydrogen-bond donors (Lipinski definition) is 1. The lowest BCUT2D eigenvalue weighted by molar-refractivity contribution is -0.125. The van der Waals surface area contributed by atoms with Crippen molar-refractivity contribution in [1.29, 1.82) is 0 Å². The smallest absolute Gasteiger partial charge is 0.227 e. The van der Waals surface area contributed by atoms with Crippen molar-refractivity contribution in [3.63, 3.8) is 0 Å². The van der Waals surface area contributed by atoms with Crippen LogP contribution in [-0.2, 0) is 9.59 Å². The Bertz CT molecular complexity index is 629. The summed E-state index contributed by atoms with van der Waals surface area (Å²) in [4.78, 5) is 29.0. The number of nitrogens with one attached hydrogen (secondary N) is 1. The van der Waals surface area contributed by atoms with E-state index >= 15 is 0 Å². The fourth-order valence-electron chi connectivity index (χ4n) is 3.77. The molecule has 2 aliphatic rings. The first-order valence-electron chi connectivity index (χ1n) is 9.49. The molecule has 0 radical (unpaired) electrons. The van der Waals surface area contributed by atoms with Crippen LogP contribution in [0.15, 0.2) is 24.3 Å². The van der Waals surface area contributed by atoms with Crippen LogP contribution in [-0.4, -0.2) is 37.5 Å². The van der Waals surface area contributed by atoms with Crippen LogP contribution >= 0.6 is 0 Å². The van der Waals surface area contributed by atoms with Crippen LogP contribution in [0.5, 0.6) is 0 Å². The van der Waals surface area contributed by atoms with Gasteiger partial charge in [0.15, 0.2) is 0 Å². The summed E-state index contributed by atoms with van der Waals surface area (Å²) in [6.45, 7) is 6.77. The van der Waals surface area contributed by atoms with Crippen molar-refractivity contribution in [2.75, 3.05) is 29.4 Å². The van der Waals surface area contributed by atoms with Crippen molar-refractivity contribution in [3.8, 4) is 0 Å². The summed E-state index contributed by atoms with van der Waals surface area (Å²) < 4.78 is 0. The molecule has 1 saturated heterocycles. The molecule has 0 bridgehead atoms. The maximum absolute atomic E-state index is 12.8. The maximum atomic E-state index is 12.8. The predicted octanol–water partition coefficient (Wildman–Crippen LogP) is 2.94. The zero-order valence-electron chi connectivity index (χ0n) is 15.3. The molecule has 3 rings (SSSR count). The van der Waals surface area contributed by atoms with E-state index in [1.165, 1.54) is 6.42 Å². The molecule has 0 aliphatic carbocycles. The van der Waals surface area contributed by atoms with E-state index in [2.05, 4.69) is 30.1 Å². The van der Waals surface area contributed by atoms with Crippen molar-refractivity contribution < 1.29 is 9.59 Å². The Hall–Kier alpha value is -2.04. The van der Waals surface area contributed by atoms with Crippen LogP contribution in [0.25, 0.3) is 0 Å². The number of fused-ring (bicyclic) bond motifs is 3. The monoisotopic (exact) mass is 343 g/mol. The zero-order valence-corrected chi connectivity index (χ0v) is 15.3. The van der Waals surface area contributed by atoms with Gasteiger partial charge in [0, 0.05) is 38.5 Å². The second-order valence-corrected chi connectivity index (χ2v) is 7.51. The van der Waals surface area contributed by atoms with E-state index in [-0.39, 0.29) is 24.7 Å². The van der Waals surface area contributed by atoms with Crippen LogP contribution in [0.3, 0.4) is 0 Å². The average molecular weight is 343 g/mol. The molecule has 0 aromatic heterocycles. The third-order valence-corrected chi connectivity index (χ3v) is 5.16. The van der Waals surface area contributed by atoms with Crippen LogP contribution < -0.4 is 15.1 Å². The fraction of sp³-hybridized carbons (Fsp3) is 0.600. The largest absolute Gasteiger partial charge is 0.365 e. The van der Waals surface area contributed by atoms with Crippen LogP contribution in [0.1, 0.15) is 46.0 Å². The SMILES string of the molecule is CC(C)CCNC(=O)CCC(=O)N1CC2CCCN2c2ccccc21. The highest BCUT2D eigenvalue weighted by molar-refractivity contribution is 5.99. The molecule has 0 saturated carbocycles. The Labute approximate surface area is 150 Å². The van der Waals surface area contributed by atoms with Gasteiger partial charge in [-0.1, -0.05) is 26.0 Å². The van der Waals surface area contributed by atoms with Gasteiger partial charge < -0.3 is 15.1 Å². The van der Waals surface area contributed by atoms with Gasteiger partial charge in [0.05, 0.1) is 11.4 Å². The number of para-hydroxylation sites is 2. The third-order valence-electron chi connectivity index (χ3n) is 5.16. The Morgan fingerprint density at radius 3 is 2.72 bits per heavy atom. The van der Waals surface area contributed by atoms with Gasteiger partial charge in [-0.2, -0.15) is 0 Å². The topological polar surface area (TPSA) is 52.7 Å². The molecule has 1 fully saturated rings. The molecule has 1 N–H and O–H groups in total. The zero-order chi connectivity index (χ0) is 17.8. The molecule has 1 unspecified atom stereocenters. The molecule has 1 aromatic carbocycles. The van der Waals surface area contributed by atoms with Crippen molar-refractivity contribution >= 4 is 23.2 Å². The Balaban J connectivity index is 1.59. The molecule has 136 valence electrons. The van der Waals surface area contributed by atoms with E-state index in [0.717, 1.165) is 37.3 Å². The van der Waals surface area contributed by atoms with Gasteiger partial charge in [-0.3, -0.25) is 9.59 Å². The first-order valence-corrected chi connectivity index (χ1v) is 9.49. The van der Waals surface area contributed by atoms with E-state index in [1.807, 2.05) is 23.1 Å². The number of amides is 2. The molecule has 1 atom stereocenters. The molecule has 1 aromatic rings. The van der Waals surface area contributed by atoms with E-state index < -0.39 is 0 Å². The highest BCUT2D eigenvalue weighted by Crippen LogP contribution is 2.39. The normalized spacial score (nSPS) is 18.9. The Morgan fingerprint density at radius 2 is 1.96 bits per heavy atom. The van der Waals surface area contributed by atoms with Gasteiger partial charge in [0.25, 0.3) is 0 Å². The highest BCUT2D eigenvalue weighted by Gasteiger charge is 2.35. The number of rotatable bonds is 6. The number of hydrogen-bond acceptors (Lipinski definition) is 3. The van der Waals surface area contributed by atoms with Gasteiger partial charge >= 0.3 is 0 Å². The van der Waals surface area contributed by atoms with E-state index in [9.17, 15) is 9.59 Å². The number of carbonyl (C=O) groups excluding carboxylic acids is 2. The van der Waals surface area contributed by atoms with Crippen molar-refractivity contribution in [3.05, 3.63) is 24.3 Å². The lowest BCUT2D eigenvalue weighted by Gasteiger charge is -2.40. The number of benzene rings is 1. The first kappa shape index (κ1) is 17.8. The molecule has 0 spiro atoms. The molecule has 5 nitrogen and oxygen atoms in total. The van der Waals surface area contributed by atoms with Gasteiger partial charge in [-0.05, 0) is 37.3 Å². The quantitative estimate of drug-likeness (QED) is 0.864. The molecule has 2 aliphatic heterocycles. The van der Waals surface area contributed by atoms with E-state index in [1.54, 1.807) is 0 Å². The summed E-state index contributed by atoms with van der Waals surface area (Å²) in [5.74, 6) is 0.598. The lowest BCUT2D eigenvalue weighted by Crippen LogP contribution is -2.48. The average Bonchev–Trinajstić information content (AvgIpc) is 3.07. The molecular formula is C20H29N3O2. The van der Waals surface area contributed by atoms with Gasteiger partial charge in [0.2, 0.25) is 11.8 Å². The Morgan fingerprint density at radius 1 is 1.20 bits per heavy atom. The highest BCUT2D eigenvalue weighted by atomic mass is 16.2. The summed E-state index contributed by atoms with van der Waals surface area (Å²) in [5.41, 5.74) is 2.15. The third kappa shape index (κ3) is 4.14. The van der Waals surface area contributed by atoms with Gasteiger partial charge in [0.1, 0.15) is 0 Å². The van der Waals surface area contributed by atoms with Gasteiger partial charge in [-0.15, -0.1) is 0 Å². The molecule has 25 heavy (non-hydrogen) atoms. The summed E-state index contributed by atoms with van der Waals surface area (Å²) in [5, 5.41) is 2.91. The standard InChI is InChI=1S/C20H29N3O2/c1-15(2)11-12-21-19(24)9-10-20(25)23-14-16-6-5-13-22(16)17-7-3-4-8-18(17)23/h3-4,7-8,15-16H,5-6,9-14H2,1-2H3,(H,21,24). The fourth-order valence-corrected chi connectivity index (χ4v) is 3.77. The lowest BCUT2D eigenvalue weighted by atomic mass is 10.1. The number of anilines is 2. The molecule has 2 amide bonds. The van der Waals surface area contributed by atoms with E-state index in [4.69, 9.17) is 0 Å². The Kier molecular flexibility index (Phi) is 5.61. The minimum atomic E-state index is -0.0261. The molecule has 5 heteroatoms. The van der Waals surface area contributed by atoms with Crippen LogP contribution in [0.4, 0.5) is 11.4 Å². The predicted molar refractivity (Wildman–Crippen MR) is 101 cm³/mol. The first-order chi connectivity index (χ1) is 12.1. The second kappa shape index (κ2) is 7.89. The second-order valence-electron chi connectivity index (χ2n) is 7.51. The minimum Gasteiger partial charge on any atom is -0.365 e. The maximum Gasteiger partial charge on any atom is 0.227 e. The van der Waals surface area contributed by atoms with E-state index in [0.29, 0.717) is 18.5 Å². The number of nitrogens with zero attached hydrogens (tertiary/aromatic N) is 2.